The number of hydrogen-bond donors (Lipinski definition) is 3. The molecule has 8 heteroatoms. The van der Waals surface area contributed by atoms with Crippen molar-refractivity contribution in [3.63, 3.8) is 0 Å². The number of amides is 1. The number of nitrogens with one attached hydrogen (secondary N) is 2. The van der Waals surface area contributed by atoms with Crippen LogP contribution >= 0.6 is 11.8 Å². The number of aromatic carboxylic acids is 1. The summed E-state index contributed by atoms with van der Waals surface area (Å²) in [7, 11) is 0. The Morgan fingerprint density at radius 1 is 1.43 bits per heavy atom. The minimum Gasteiger partial charge on any atom is -0.478 e. The molecule has 0 atom stereocenters. The summed E-state index contributed by atoms with van der Waals surface area (Å²) in [5.41, 5.74) is 0.576. The molecule has 110 valence electrons. The van der Waals surface area contributed by atoms with Crippen molar-refractivity contribution in [1.82, 2.24) is 15.2 Å². The first kappa shape index (κ1) is 15.0. The van der Waals surface area contributed by atoms with E-state index in [-0.39, 0.29) is 17.2 Å². The molecule has 0 bridgehead atoms. The second kappa shape index (κ2) is 6.89. The van der Waals surface area contributed by atoms with Gasteiger partial charge in [-0.1, -0.05) is 24.8 Å². The molecule has 0 saturated heterocycles. The fraction of sp³-hybridized carbons (Fsp3) is 0.231. The van der Waals surface area contributed by atoms with Crippen LogP contribution in [0.5, 0.6) is 0 Å². The molecule has 0 radical (unpaired) electrons. The van der Waals surface area contributed by atoms with Gasteiger partial charge in [-0.15, -0.1) is 5.10 Å². The summed E-state index contributed by atoms with van der Waals surface area (Å²) in [5, 5.41) is 18.8. The Labute approximate surface area is 125 Å². The van der Waals surface area contributed by atoms with Crippen molar-refractivity contribution in [3.8, 4) is 0 Å². The second-order valence-electron chi connectivity index (χ2n) is 4.14. The Balaban J connectivity index is 1.89. The van der Waals surface area contributed by atoms with Crippen LogP contribution in [0.1, 0.15) is 23.1 Å². The predicted molar refractivity (Wildman–Crippen MR) is 78.5 cm³/mol. The summed E-state index contributed by atoms with van der Waals surface area (Å²) < 4.78 is 0. The maximum atomic E-state index is 11.8. The van der Waals surface area contributed by atoms with Crippen molar-refractivity contribution in [2.45, 2.75) is 18.5 Å². The Hall–Kier alpha value is -2.35. The minimum atomic E-state index is -1.03. The van der Waals surface area contributed by atoms with E-state index in [1.807, 2.05) is 6.92 Å². The number of carboxylic acid groups (broad SMARTS) is 1. The van der Waals surface area contributed by atoms with Gasteiger partial charge in [0.15, 0.2) is 0 Å². The van der Waals surface area contributed by atoms with Crippen molar-refractivity contribution in [3.05, 3.63) is 35.7 Å². The number of anilines is 1. The zero-order chi connectivity index (χ0) is 15.2. The third-order valence-corrected chi connectivity index (χ3v) is 3.42. The minimum absolute atomic E-state index is 0.127. The molecule has 1 amide bonds. The molecule has 0 aliphatic heterocycles. The molecule has 3 N–H and O–H groups in total. The molecule has 21 heavy (non-hydrogen) atoms. The number of aryl methyl sites for hydroxylation is 1. The summed E-state index contributed by atoms with van der Waals surface area (Å²) in [6.45, 7) is 1.96. The summed E-state index contributed by atoms with van der Waals surface area (Å²) in [6, 6.07) is 6.09. The van der Waals surface area contributed by atoms with Gasteiger partial charge in [-0.05, 0) is 18.2 Å². The van der Waals surface area contributed by atoms with E-state index in [9.17, 15) is 9.59 Å². The largest absolute Gasteiger partial charge is 0.478 e. The molecular weight excluding hydrogens is 292 g/mol. The van der Waals surface area contributed by atoms with E-state index in [1.165, 1.54) is 23.9 Å². The van der Waals surface area contributed by atoms with E-state index in [2.05, 4.69) is 20.5 Å². The number of carbonyl (C=O) groups is 2. The van der Waals surface area contributed by atoms with Gasteiger partial charge < -0.3 is 10.4 Å². The molecule has 1 heterocycles. The fourth-order valence-corrected chi connectivity index (χ4v) is 2.17. The summed E-state index contributed by atoms with van der Waals surface area (Å²) in [4.78, 5) is 26.8. The summed E-state index contributed by atoms with van der Waals surface area (Å²) in [5.74, 6) is -0.357. The molecule has 2 aromatic rings. The molecule has 1 aromatic heterocycles. The Morgan fingerprint density at radius 3 is 2.90 bits per heavy atom. The van der Waals surface area contributed by atoms with E-state index in [4.69, 9.17) is 5.11 Å². The summed E-state index contributed by atoms with van der Waals surface area (Å²) in [6.07, 6.45) is 0.752. The van der Waals surface area contributed by atoms with E-state index < -0.39 is 5.97 Å². The van der Waals surface area contributed by atoms with Crippen LogP contribution in [0.4, 0.5) is 5.69 Å². The van der Waals surface area contributed by atoms with Crippen LogP contribution in [0.15, 0.2) is 29.4 Å². The highest BCUT2D eigenvalue weighted by Gasteiger charge is 2.09. The van der Waals surface area contributed by atoms with Crippen LogP contribution in [0.3, 0.4) is 0 Å². The number of aromatic amines is 1. The maximum Gasteiger partial charge on any atom is 0.335 e. The summed E-state index contributed by atoms with van der Waals surface area (Å²) >= 11 is 1.21. The van der Waals surface area contributed by atoms with Crippen LogP contribution in [-0.2, 0) is 11.2 Å². The lowest BCUT2D eigenvalue weighted by Crippen LogP contribution is -2.14. The van der Waals surface area contributed by atoms with Gasteiger partial charge in [0.2, 0.25) is 11.1 Å². The molecule has 2 rings (SSSR count). The van der Waals surface area contributed by atoms with Crippen LogP contribution in [-0.4, -0.2) is 37.9 Å². The number of benzene rings is 1. The van der Waals surface area contributed by atoms with E-state index in [0.717, 1.165) is 12.2 Å². The fourth-order valence-electron chi connectivity index (χ4n) is 1.56. The molecule has 0 fully saturated rings. The van der Waals surface area contributed by atoms with Crippen LogP contribution in [0.25, 0.3) is 0 Å². The third kappa shape index (κ3) is 4.32. The number of nitrogens with zero attached hydrogens (tertiary/aromatic N) is 2. The lowest BCUT2D eigenvalue weighted by atomic mass is 10.2. The van der Waals surface area contributed by atoms with E-state index in [0.29, 0.717) is 10.8 Å². The van der Waals surface area contributed by atoms with Crippen molar-refractivity contribution >= 4 is 29.3 Å². The van der Waals surface area contributed by atoms with Gasteiger partial charge in [-0.3, -0.25) is 9.89 Å². The standard InChI is InChI=1S/C13H14N4O3S/c1-2-10-15-13(17-16-10)21-7-11(18)14-9-5-3-4-8(6-9)12(19)20/h3-6H,2,7H2,1H3,(H,14,18)(H,19,20)(H,15,16,17). The first-order valence-corrected chi connectivity index (χ1v) is 7.24. The topological polar surface area (TPSA) is 108 Å². The predicted octanol–water partition coefficient (Wildman–Crippen LogP) is 1.80. The van der Waals surface area contributed by atoms with Gasteiger partial charge in [0, 0.05) is 12.1 Å². The van der Waals surface area contributed by atoms with E-state index in [1.54, 1.807) is 12.1 Å². The van der Waals surface area contributed by atoms with Crippen LogP contribution in [0, 0.1) is 0 Å². The van der Waals surface area contributed by atoms with Crippen molar-refractivity contribution < 1.29 is 14.7 Å². The molecular formula is C13H14N4O3S. The zero-order valence-corrected chi connectivity index (χ0v) is 12.1. The van der Waals surface area contributed by atoms with Gasteiger partial charge in [-0.25, -0.2) is 9.78 Å². The number of thioether (sulfide) groups is 1. The van der Waals surface area contributed by atoms with Gasteiger partial charge in [0.25, 0.3) is 0 Å². The molecule has 0 aliphatic rings. The Bertz CT molecular complexity index is 656. The number of hydrogen-bond acceptors (Lipinski definition) is 5. The molecule has 0 spiro atoms. The van der Waals surface area contributed by atoms with Crippen LogP contribution < -0.4 is 5.32 Å². The third-order valence-electron chi connectivity index (χ3n) is 2.57. The smallest absolute Gasteiger partial charge is 0.335 e. The second-order valence-corrected chi connectivity index (χ2v) is 5.08. The normalized spacial score (nSPS) is 10.3. The van der Waals surface area contributed by atoms with Gasteiger partial charge in [0.05, 0.1) is 11.3 Å². The molecule has 0 aliphatic carbocycles. The first-order chi connectivity index (χ1) is 10.1. The molecule has 1 aromatic carbocycles. The Kier molecular flexibility index (Phi) is 4.94. The number of carboxylic acids is 1. The SMILES string of the molecule is CCc1nc(SCC(=O)Nc2cccc(C(=O)O)c2)n[nH]1. The number of rotatable bonds is 6. The van der Waals surface area contributed by atoms with Gasteiger partial charge in [-0.2, -0.15) is 0 Å². The molecule has 0 unspecified atom stereocenters. The first-order valence-electron chi connectivity index (χ1n) is 6.25. The zero-order valence-electron chi connectivity index (χ0n) is 11.3. The maximum absolute atomic E-state index is 11.8. The lowest BCUT2D eigenvalue weighted by molar-refractivity contribution is -0.113. The monoisotopic (exact) mass is 306 g/mol. The number of H-pyrrole nitrogens is 1. The number of aromatic nitrogens is 3. The highest BCUT2D eigenvalue weighted by atomic mass is 32.2. The van der Waals surface area contributed by atoms with Crippen molar-refractivity contribution in [2.75, 3.05) is 11.1 Å². The molecule has 7 nitrogen and oxygen atoms in total. The van der Waals surface area contributed by atoms with Gasteiger partial charge in [0.1, 0.15) is 5.82 Å². The van der Waals surface area contributed by atoms with E-state index >= 15 is 0 Å². The quantitative estimate of drug-likeness (QED) is 0.702. The average molecular weight is 306 g/mol. The van der Waals surface area contributed by atoms with Crippen molar-refractivity contribution in [1.29, 1.82) is 0 Å². The molecule has 0 saturated carbocycles. The highest BCUT2D eigenvalue weighted by molar-refractivity contribution is 7.99. The lowest BCUT2D eigenvalue weighted by Gasteiger charge is -2.04. The van der Waals surface area contributed by atoms with Crippen molar-refractivity contribution in [2.24, 2.45) is 0 Å². The van der Waals surface area contributed by atoms with Crippen LogP contribution in [0.2, 0.25) is 0 Å². The highest BCUT2D eigenvalue weighted by Crippen LogP contribution is 2.14. The Morgan fingerprint density at radius 2 is 2.24 bits per heavy atom. The average Bonchev–Trinajstić information content (AvgIpc) is 2.93. The van der Waals surface area contributed by atoms with Gasteiger partial charge >= 0.3 is 5.97 Å². The number of carbonyl (C=O) groups excluding carboxylic acids is 1.